The molecule has 3 heteroatoms. The molecule has 0 N–H and O–H groups in total. The first-order valence-corrected chi connectivity index (χ1v) is 17.4. The number of hydrogen-bond acceptors (Lipinski definition) is 2. The Morgan fingerprint density at radius 3 is 1.92 bits per heavy atom. The number of thiophene rings is 1. The quantitative estimate of drug-likeness (QED) is 0.188. The SMILES string of the molecule is CC1(C)c2cc(-c3ccc4c(c3)c3ccccc3n4-c3ccccc3)ccc2N(c2ccccc2)c2ccc3sc4ccccc4c3c21. The van der Waals surface area contributed by atoms with E-state index in [1.165, 1.54) is 87.0 Å². The first-order chi connectivity index (χ1) is 23.6. The summed E-state index contributed by atoms with van der Waals surface area (Å²) in [7, 11) is 0. The Morgan fingerprint density at radius 1 is 0.479 bits per heavy atom. The lowest BCUT2D eigenvalue weighted by atomic mass is 9.71. The molecule has 228 valence electrons. The van der Waals surface area contributed by atoms with Crippen molar-refractivity contribution < 1.29 is 0 Å². The maximum atomic E-state index is 2.47. The van der Waals surface area contributed by atoms with Crippen molar-refractivity contribution in [1.29, 1.82) is 0 Å². The maximum absolute atomic E-state index is 2.47. The van der Waals surface area contributed by atoms with E-state index in [0.717, 1.165) is 0 Å². The second kappa shape index (κ2) is 10.2. The molecule has 7 aromatic carbocycles. The fourth-order valence-electron chi connectivity index (χ4n) is 8.16. The summed E-state index contributed by atoms with van der Waals surface area (Å²) in [6.45, 7) is 4.83. The van der Waals surface area contributed by atoms with E-state index < -0.39 is 0 Å². The molecule has 0 aliphatic carbocycles. The Hall–Kier alpha value is -5.64. The van der Waals surface area contributed by atoms with Crippen LogP contribution in [0, 0.1) is 0 Å². The summed E-state index contributed by atoms with van der Waals surface area (Å²) >= 11 is 1.90. The van der Waals surface area contributed by atoms with Gasteiger partial charge in [0.2, 0.25) is 0 Å². The molecule has 0 atom stereocenters. The highest BCUT2D eigenvalue weighted by atomic mass is 32.1. The van der Waals surface area contributed by atoms with Crippen LogP contribution in [0.4, 0.5) is 17.1 Å². The number of fused-ring (bicyclic) bond motifs is 9. The van der Waals surface area contributed by atoms with Crippen LogP contribution in [-0.2, 0) is 5.41 Å². The van der Waals surface area contributed by atoms with Crippen molar-refractivity contribution in [3.05, 3.63) is 169 Å². The van der Waals surface area contributed by atoms with E-state index in [-0.39, 0.29) is 5.41 Å². The van der Waals surface area contributed by atoms with Gasteiger partial charge in [0.1, 0.15) is 0 Å². The number of anilines is 3. The van der Waals surface area contributed by atoms with Crippen molar-refractivity contribution in [2.45, 2.75) is 19.3 Å². The van der Waals surface area contributed by atoms with Crippen LogP contribution in [0.3, 0.4) is 0 Å². The molecule has 0 amide bonds. The van der Waals surface area contributed by atoms with Gasteiger partial charge >= 0.3 is 0 Å². The van der Waals surface area contributed by atoms with Crippen LogP contribution in [0.25, 0.3) is 58.8 Å². The van der Waals surface area contributed by atoms with Gasteiger partial charge in [-0.05, 0) is 95.1 Å². The van der Waals surface area contributed by atoms with E-state index in [9.17, 15) is 0 Å². The van der Waals surface area contributed by atoms with E-state index in [1.807, 2.05) is 11.3 Å². The molecule has 3 heterocycles. The van der Waals surface area contributed by atoms with E-state index in [2.05, 4.69) is 181 Å². The van der Waals surface area contributed by atoms with E-state index >= 15 is 0 Å². The summed E-state index contributed by atoms with van der Waals surface area (Å²) in [4.78, 5) is 2.47. The van der Waals surface area contributed by atoms with E-state index in [0.29, 0.717) is 0 Å². The van der Waals surface area contributed by atoms with Gasteiger partial charge in [-0.2, -0.15) is 0 Å². The lowest BCUT2D eigenvalue weighted by Gasteiger charge is -2.42. The molecule has 9 aromatic rings. The van der Waals surface area contributed by atoms with Gasteiger partial charge in [0.05, 0.1) is 22.4 Å². The highest BCUT2D eigenvalue weighted by Crippen LogP contribution is 2.56. The fourth-order valence-corrected chi connectivity index (χ4v) is 9.28. The standard InChI is InChI=1S/C45H32N2S/c1-45(2)36-28-30(29-21-23-38-35(27-29)33-17-9-11-19-37(33)46(38)31-13-5-3-6-14-31)22-24-39(36)47(32-15-7-4-8-16-32)40-25-26-42-43(44(40)45)34-18-10-12-20-41(34)48-42/h3-28H,1-2H3. The molecule has 0 unspecified atom stereocenters. The minimum atomic E-state index is -0.233. The molecule has 0 radical (unpaired) electrons. The molecule has 2 nitrogen and oxygen atoms in total. The monoisotopic (exact) mass is 632 g/mol. The van der Waals surface area contributed by atoms with Crippen LogP contribution < -0.4 is 4.90 Å². The first-order valence-electron chi connectivity index (χ1n) is 16.6. The minimum Gasteiger partial charge on any atom is -0.310 e. The number of aromatic nitrogens is 1. The molecule has 2 aromatic heterocycles. The lowest BCUT2D eigenvalue weighted by Crippen LogP contribution is -2.31. The molecule has 0 spiro atoms. The van der Waals surface area contributed by atoms with Gasteiger partial charge < -0.3 is 9.47 Å². The summed E-state index contributed by atoms with van der Waals surface area (Å²) in [6, 6.07) is 57.9. The van der Waals surface area contributed by atoms with Crippen molar-refractivity contribution in [3.63, 3.8) is 0 Å². The van der Waals surface area contributed by atoms with Crippen LogP contribution in [0.5, 0.6) is 0 Å². The Balaban J connectivity index is 1.21. The Morgan fingerprint density at radius 2 is 1.10 bits per heavy atom. The van der Waals surface area contributed by atoms with Gasteiger partial charge in [-0.15, -0.1) is 11.3 Å². The van der Waals surface area contributed by atoms with Crippen molar-refractivity contribution in [2.24, 2.45) is 0 Å². The largest absolute Gasteiger partial charge is 0.310 e. The number of benzene rings is 7. The Labute approximate surface area is 283 Å². The predicted molar refractivity (Wildman–Crippen MR) is 206 cm³/mol. The molecule has 0 saturated carbocycles. The van der Waals surface area contributed by atoms with Gasteiger partial charge in [-0.3, -0.25) is 0 Å². The van der Waals surface area contributed by atoms with E-state index in [4.69, 9.17) is 0 Å². The molecule has 48 heavy (non-hydrogen) atoms. The topological polar surface area (TPSA) is 8.17 Å². The average molecular weight is 633 g/mol. The predicted octanol–water partition coefficient (Wildman–Crippen LogP) is 12.9. The van der Waals surface area contributed by atoms with Crippen LogP contribution in [-0.4, -0.2) is 4.57 Å². The Kier molecular flexibility index (Phi) is 5.82. The average Bonchev–Trinajstić information content (AvgIpc) is 3.68. The molecule has 10 rings (SSSR count). The van der Waals surface area contributed by atoms with Crippen LogP contribution in [0.1, 0.15) is 25.0 Å². The summed E-state index contributed by atoms with van der Waals surface area (Å²) in [5, 5.41) is 5.26. The second-order valence-corrected chi connectivity index (χ2v) is 14.5. The molecule has 0 bridgehead atoms. The summed E-state index contributed by atoms with van der Waals surface area (Å²) in [5.74, 6) is 0. The normalized spacial score (nSPS) is 13.8. The number of nitrogens with zero attached hydrogens (tertiary/aromatic N) is 2. The molecule has 0 fully saturated rings. The second-order valence-electron chi connectivity index (χ2n) is 13.4. The van der Waals surface area contributed by atoms with Crippen molar-refractivity contribution in [3.8, 4) is 16.8 Å². The zero-order valence-electron chi connectivity index (χ0n) is 26.8. The van der Waals surface area contributed by atoms with Gasteiger partial charge in [0, 0.05) is 47.7 Å². The van der Waals surface area contributed by atoms with Crippen LogP contribution in [0.2, 0.25) is 0 Å². The molecule has 1 aliphatic heterocycles. The summed E-state index contributed by atoms with van der Waals surface area (Å²) < 4.78 is 5.07. The van der Waals surface area contributed by atoms with Crippen molar-refractivity contribution in [1.82, 2.24) is 4.57 Å². The smallest absolute Gasteiger partial charge is 0.0541 e. The number of para-hydroxylation sites is 3. The van der Waals surface area contributed by atoms with Gasteiger partial charge in [-0.1, -0.05) is 98.8 Å². The van der Waals surface area contributed by atoms with Gasteiger partial charge in [-0.25, -0.2) is 0 Å². The molecular formula is C45H32N2S. The molecular weight excluding hydrogens is 601 g/mol. The maximum Gasteiger partial charge on any atom is 0.0541 e. The van der Waals surface area contributed by atoms with E-state index in [1.54, 1.807) is 0 Å². The highest BCUT2D eigenvalue weighted by molar-refractivity contribution is 7.25. The first kappa shape index (κ1) is 27.5. The molecule has 1 aliphatic rings. The van der Waals surface area contributed by atoms with Crippen molar-refractivity contribution in [2.75, 3.05) is 4.90 Å². The fraction of sp³-hybridized carbons (Fsp3) is 0.0667. The van der Waals surface area contributed by atoms with Crippen LogP contribution in [0.15, 0.2) is 158 Å². The number of rotatable bonds is 3. The summed E-state index contributed by atoms with van der Waals surface area (Å²) in [5.41, 5.74) is 12.3. The van der Waals surface area contributed by atoms with Crippen molar-refractivity contribution >= 4 is 70.4 Å². The van der Waals surface area contributed by atoms with Crippen LogP contribution >= 0.6 is 11.3 Å². The Bertz CT molecular complexity index is 2700. The zero-order chi connectivity index (χ0) is 32.0. The number of hydrogen-bond donors (Lipinski definition) is 0. The molecule has 0 saturated heterocycles. The van der Waals surface area contributed by atoms with Gasteiger partial charge in [0.15, 0.2) is 0 Å². The lowest BCUT2D eigenvalue weighted by molar-refractivity contribution is 0.639. The van der Waals surface area contributed by atoms with Gasteiger partial charge in [0.25, 0.3) is 0 Å². The highest BCUT2D eigenvalue weighted by Gasteiger charge is 2.39. The third kappa shape index (κ3) is 3.85. The minimum absolute atomic E-state index is 0.233. The summed E-state index contributed by atoms with van der Waals surface area (Å²) in [6.07, 6.45) is 0. The zero-order valence-corrected chi connectivity index (χ0v) is 27.6. The third-order valence-electron chi connectivity index (χ3n) is 10.3. The third-order valence-corrected chi connectivity index (χ3v) is 11.5.